The Morgan fingerprint density at radius 1 is 1.18 bits per heavy atom. The molecule has 1 atom stereocenters. The molecule has 3 N–H and O–H groups in total. The Kier molecular flexibility index (Phi) is 10.3. The summed E-state index contributed by atoms with van der Waals surface area (Å²) >= 11 is 0. The Labute approximate surface area is 267 Å². The van der Waals surface area contributed by atoms with E-state index in [0.717, 1.165) is 110 Å². The summed E-state index contributed by atoms with van der Waals surface area (Å²) in [6.45, 7) is 14.1. The summed E-state index contributed by atoms with van der Waals surface area (Å²) in [5.41, 5.74) is 6.26. The maximum Gasteiger partial charge on any atom is 0.410 e. The molecule has 1 fully saturated rings. The van der Waals surface area contributed by atoms with Crippen LogP contribution >= 0.6 is 0 Å². The number of likely N-dealkylation sites (tertiary alicyclic amines) is 1. The van der Waals surface area contributed by atoms with E-state index in [9.17, 15) is 10.0 Å². The maximum atomic E-state index is 13.0. The lowest BCUT2D eigenvalue weighted by Crippen LogP contribution is -2.37. The summed E-state index contributed by atoms with van der Waals surface area (Å²) < 4.78 is 6.93. The van der Waals surface area contributed by atoms with Gasteiger partial charge in [0.15, 0.2) is 5.82 Å². The largest absolute Gasteiger partial charge is 0.444 e. The van der Waals surface area contributed by atoms with E-state index in [4.69, 9.17) is 9.72 Å². The smallest absolute Gasteiger partial charge is 0.410 e. The van der Waals surface area contributed by atoms with Gasteiger partial charge in [0.25, 0.3) is 0 Å². The van der Waals surface area contributed by atoms with Crippen LogP contribution in [0.4, 0.5) is 4.79 Å². The van der Waals surface area contributed by atoms with Crippen molar-refractivity contribution in [2.75, 3.05) is 13.1 Å². The molecule has 0 saturated carbocycles. The fraction of sp³-hybridized carbons (Fsp3) is 0.472. The number of imidazole rings is 2. The van der Waals surface area contributed by atoms with Crippen molar-refractivity contribution in [1.29, 1.82) is 0 Å². The number of H-pyrrole nitrogens is 1. The van der Waals surface area contributed by atoms with E-state index in [0.29, 0.717) is 12.4 Å². The van der Waals surface area contributed by atoms with Gasteiger partial charge < -0.3 is 20.2 Å². The summed E-state index contributed by atoms with van der Waals surface area (Å²) in [4.78, 5) is 27.7. The molecular weight excluding hydrogens is 564 g/mol. The molecule has 3 aromatic rings. The van der Waals surface area contributed by atoms with Crippen molar-refractivity contribution in [1.82, 2.24) is 29.9 Å². The second-order valence-electron chi connectivity index (χ2n) is 13.0. The van der Waals surface area contributed by atoms with E-state index < -0.39 is 5.60 Å². The normalized spacial score (nSPS) is 18.5. The first-order valence-corrected chi connectivity index (χ1v) is 16.4. The molecule has 9 heteroatoms. The minimum atomic E-state index is -0.590. The van der Waals surface area contributed by atoms with Gasteiger partial charge in [-0.25, -0.2) is 14.8 Å². The number of aromatic nitrogens is 4. The van der Waals surface area contributed by atoms with Gasteiger partial charge in [-0.1, -0.05) is 62.4 Å². The van der Waals surface area contributed by atoms with Crippen LogP contribution in [0.5, 0.6) is 0 Å². The first-order valence-electron chi connectivity index (χ1n) is 16.4. The molecule has 45 heavy (non-hydrogen) atoms. The Morgan fingerprint density at radius 3 is 2.69 bits per heavy atom. The first kappa shape index (κ1) is 32.3. The molecule has 0 bridgehead atoms. The van der Waals surface area contributed by atoms with E-state index >= 15 is 0 Å². The van der Waals surface area contributed by atoms with Gasteiger partial charge in [0.05, 0.1) is 35.9 Å². The number of hydrogen-bond acceptors (Lipinski definition) is 6. The number of hydrogen-bond donors (Lipinski definition) is 3. The summed E-state index contributed by atoms with van der Waals surface area (Å²) in [5.74, 6) is 1.45. The van der Waals surface area contributed by atoms with Crippen molar-refractivity contribution in [3.8, 4) is 11.3 Å². The lowest BCUT2D eigenvalue weighted by atomic mass is 9.95. The number of nitrogens with one attached hydrogen (secondary N) is 2. The summed E-state index contributed by atoms with van der Waals surface area (Å²) in [5, 5.41) is 14.8. The van der Waals surface area contributed by atoms with Gasteiger partial charge in [-0.05, 0) is 94.5 Å². The van der Waals surface area contributed by atoms with Gasteiger partial charge in [0, 0.05) is 6.54 Å². The van der Waals surface area contributed by atoms with Crippen LogP contribution in [0.3, 0.4) is 0 Å². The highest BCUT2D eigenvalue weighted by Gasteiger charge is 2.37. The van der Waals surface area contributed by atoms with Crippen LogP contribution < -0.4 is 5.32 Å². The topological polar surface area (TPSA) is 108 Å². The number of carbonyl (C=O) groups is 1. The molecule has 2 aromatic heterocycles. The van der Waals surface area contributed by atoms with E-state index in [2.05, 4.69) is 65.2 Å². The fourth-order valence-electron chi connectivity index (χ4n) is 6.10. The van der Waals surface area contributed by atoms with Crippen molar-refractivity contribution in [2.45, 2.75) is 97.2 Å². The van der Waals surface area contributed by atoms with E-state index in [1.807, 2.05) is 33.0 Å². The Bertz CT molecular complexity index is 1540. The molecule has 240 valence electrons. The molecule has 1 aliphatic heterocycles. The SMILES string of the molecule is C=C/C(=C\C=C1/CCCCCc2c1nc([C@@H]1CCCN1C(=O)OC(C)(C)C)n2O)c1ccc(-c2cnc(CNCCC)[nH]2)cc1. The molecule has 0 unspecified atom stereocenters. The molecule has 1 amide bonds. The summed E-state index contributed by atoms with van der Waals surface area (Å²) in [6.07, 6.45) is 15.0. The average molecular weight is 613 g/mol. The number of nitrogens with zero attached hydrogens (tertiary/aromatic N) is 4. The zero-order chi connectivity index (χ0) is 32.0. The van der Waals surface area contributed by atoms with Crippen LogP contribution in [0.1, 0.15) is 107 Å². The van der Waals surface area contributed by atoms with Gasteiger partial charge in [-0.3, -0.25) is 4.90 Å². The number of aromatic amines is 1. The third-order valence-electron chi connectivity index (χ3n) is 8.38. The lowest BCUT2D eigenvalue weighted by molar-refractivity contribution is 0.0199. The minimum Gasteiger partial charge on any atom is -0.444 e. The minimum absolute atomic E-state index is 0.323. The van der Waals surface area contributed by atoms with Gasteiger partial charge in [-0.2, -0.15) is 4.73 Å². The quantitative estimate of drug-likeness (QED) is 0.129. The average Bonchev–Trinajstić information content (AvgIpc) is 3.74. The standard InChI is InChI=1S/C36H48N6O3/c1-6-21-37-24-32-38-23-29(39-32)27-18-16-26(17-19-27)25(7-2)15-20-28-12-9-8-10-13-30-33(28)40-34(42(30)44)31-14-11-22-41(31)35(43)45-36(3,4)5/h7,15-20,23,31,37,44H,2,6,8-14,21-22,24H2,1,3-5H3,(H,38,39)/b25-15+,28-20+/t31-/m0/s1. The first-order chi connectivity index (χ1) is 21.7. The van der Waals surface area contributed by atoms with Gasteiger partial charge in [0.1, 0.15) is 11.4 Å². The van der Waals surface area contributed by atoms with Crippen LogP contribution in [0.2, 0.25) is 0 Å². The highest BCUT2D eigenvalue weighted by atomic mass is 16.6. The molecular formula is C36H48N6O3. The number of amides is 1. The second kappa shape index (κ2) is 14.3. The Balaban J connectivity index is 1.39. The molecule has 2 aliphatic rings. The van der Waals surface area contributed by atoms with Gasteiger partial charge in [-0.15, -0.1) is 0 Å². The molecule has 0 radical (unpaired) electrons. The molecule has 0 spiro atoms. The van der Waals surface area contributed by atoms with Gasteiger partial charge >= 0.3 is 6.09 Å². The van der Waals surface area contributed by atoms with E-state index in [1.165, 1.54) is 4.73 Å². The third-order valence-corrected chi connectivity index (χ3v) is 8.38. The van der Waals surface area contributed by atoms with E-state index in [-0.39, 0.29) is 12.1 Å². The number of carbonyl (C=O) groups excluding carboxylic acids is 1. The summed E-state index contributed by atoms with van der Waals surface area (Å²) in [7, 11) is 0. The molecule has 1 saturated heterocycles. The van der Waals surface area contributed by atoms with Crippen LogP contribution in [-0.2, 0) is 17.7 Å². The van der Waals surface area contributed by atoms with Gasteiger partial charge in [0.2, 0.25) is 0 Å². The number of ether oxygens (including phenoxy) is 1. The predicted molar refractivity (Wildman–Crippen MR) is 179 cm³/mol. The number of fused-ring (bicyclic) bond motifs is 1. The fourth-order valence-corrected chi connectivity index (χ4v) is 6.10. The molecule has 1 aliphatic carbocycles. The second-order valence-corrected chi connectivity index (χ2v) is 13.0. The van der Waals surface area contributed by atoms with Crippen molar-refractivity contribution in [3.63, 3.8) is 0 Å². The molecule has 9 nitrogen and oxygen atoms in total. The zero-order valence-corrected chi connectivity index (χ0v) is 27.2. The monoisotopic (exact) mass is 612 g/mol. The van der Waals surface area contributed by atoms with E-state index in [1.54, 1.807) is 4.90 Å². The lowest BCUT2D eigenvalue weighted by Gasteiger charge is -2.28. The Morgan fingerprint density at radius 2 is 1.96 bits per heavy atom. The number of benzene rings is 1. The maximum absolute atomic E-state index is 13.0. The summed E-state index contributed by atoms with van der Waals surface area (Å²) in [6, 6.07) is 8.08. The van der Waals surface area contributed by atoms with Crippen molar-refractivity contribution in [2.24, 2.45) is 0 Å². The van der Waals surface area contributed by atoms with Crippen molar-refractivity contribution >= 4 is 17.2 Å². The highest BCUT2D eigenvalue weighted by Crippen LogP contribution is 2.37. The van der Waals surface area contributed by atoms with Crippen LogP contribution in [0, 0.1) is 0 Å². The zero-order valence-electron chi connectivity index (χ0n) is 27.2. The highest BCUT2D eigenvalue weighted by molar-refractivity contribution is 5.79. The molecule has 3 heterocycles. The predicted octanol–water partition coefficient (Wildman–Crippen LogP) is 7.85. The van der Waals surface area contributed by atoms with Crippen molar-refractivity contribution < 1.29 is 14.7 Å². The van der Waals surface area contributed by atoms with Crippen LogP contribution in [0.25, 0.3) is 22.4 Å². The number of rotatable bonds is 9. The van der Waals surface area contributed by atoms with Crippen molar-refractivity contribution in [3.05, 3.63) is 83.9 Å². The molecule has 5 rings (SSSR count). The number of allylic oxidation sites excluding steroid dienone is 5. The van der Waals surface area contributed by atoms with Crippen LogP contribution in [-0.4, -0.2) is 54.6 Å². The third kappa shape index (κ3) is 7.76. The van der Waals surface area contributed by atoms with Crippen LogP contribution in [0.15, 0.2) is 55.3 Å². The molecule has 1 aromatic carbocycles. The Hall–Kier alpha value is -4.11.